The van der Waals surface area contributed by atoms with Gasteiger partial charge in [0.25, 0.3) is 0 Å². The van der Waals surface area contributed by atoms with Crippen LogP contribution in [0, 0.1) is 0 Å². The molecule has 2 unspecified atom stereocenters. The zero-order valence-corrected chi connectivity index (χ0v) is 9.30. The number of amides is 1. The van der Waals surface area contributed by atoms with E-state index in [4.69, 9.17) is 14.9 Å². The highest BCUT2D eigenvalue weighted by Crippen LogP contribution is 1.90. The Bertz CT molecular complexity index is 128. The van der Waals surface area contributed by atoms with E-state index in [1.807, 2.05) is 0 Å². The van der Waals surface area contributed by atoms with Crippen molar-refractivity contribution in [2.45, 2.75) is 26.1 Å². The van der Waals surface area contributed by atoms with Crippen LogP contribution in [0.15, 0.2) is 0 Å². The first-order chi connectivity index (χ1) is 6.43. The Morgan fingerprint density at radius 1 is 1.43 bits per heavy atom. The summed E-state index contributed by atoms with van der Waals surface area (Å²) in [6.07, 6.45) is 0.138. The van der Waals surface area contributed by atoms with Crippen LogP contribution in [0.3, 0.4) is 0 Å². The van der Waals surface area contributed by atoms with Crippen LogP contribution in [0.25, 0.3) is 0 Å². The summed E-state index contributed by atoms with van der Waals surface area (Å²) in [4.78, 5) is 10.9. The van der Waals surface area contributed by atoms with Gasteiger partial charge in [-0.15, -0.1) is 0 Å². The van der Waals surface area contributed by atoms with Gasteiger partial charge in [-0.25, -0.2) is 0 Å². The molecule has 0 aliphatic rings. The lowest BCUT2D eigenvalue weighted by Crippen LogP contribution is -2.19. The highest BCUT2D eigenvalue weighted by atomic mass is 16.5. The fourth-order valence-electron chi connectivity index (χ4n) is 0.356. The monoisotopic (exact) mass is 207 g/mol. The molecule has 86 valence electrons. The number of hydrogen-bond donors (Lipinski definition) is 2. The number of carbonyl (C=O) groups excluding carboxylic acids is 1. The average Bonchev–Trinajstić information content (AvgIpc) is 2.14. The molecular weight excluding hydrogens is 186 g/mol. The van der Waals surface area contributed by atoms with Crippen molar-refractivity contribution in [3.8, 4) is 0 Å². The van der Waals surface area contributed by atoms with E-state index in [1.54, 1.807) is 27.9 Å². The lowest BCUT2D eigenvalue weighted by atomic mass is 10.4. The molecule has 0 rings (SSSR count). The topological polar surface area (TPSA) is 70.0 Å². The van der Waals surface area contributed by atoms with Gasteiger partial charge in [0.15, 0.2) is 0 Å². The van der Waals surface area contributed by atoms with E-state index in [0.29, 0.717) is 6.61 Å². The van der Waals surface area contributed by atoms with Crippen molar-refractivity contribution in [3.05, 3.63) is 0 Å². The lowest BCUT2D eigenvalue weighted by Gasteiger charge is -2.10. The first kappa shape index (κ1) is 15.8. The Morgan fingerprint density at radius 2 is 1.86 bits per heavy atom. The fraction of sp³-hybridized carbons (Fsp3) is 0.889. The largest absolute Gasteiger partial charge is 0.394 e. The maximum atomic E-state index is 9.43. The van der Waals surface area contributed by atoms with Crippen molar-refractivity contribution in [2.75, 3.05) is 27.3 Å². The molecule has 5 heteroatoms. The summed E-state index contributed by atoms with van der Waals surface area (Å²) in [5, 5.41) is 17.1. The quantitative estimate of drug-likeness (QED) is 0.595. The number of carbonyl (C=O) groups is 1. The SMILES string of the molecule is CC(O)COC(C)CO.CN(C)C=O. The third-order valence-electron chi connectivity index (χ3n) is 1.09. The minimum Gasteiger partial charge on any atom is -0.394 e. The summed E-state index contributed by atoms with van der Waals surface area (Å²) in [5.74, 6) is 0. The van der Waals surface area contributed by atoms with Crippen LogP contribution in [-0.4, -0.2) is 61.0 Å². The molecule has 2 N–H and O–H groups in total. The van der Waals surface area contributed by atoms with Crippen molar-refractivity contribution < 1.29 is 19.7 Å². The van der Waals surface area contributed by atoms with Gasteiger partial charge in [-0.1, -0.05) is 0 Å². The van der Waals surface area contributed by atoms with Gasteiger partial charge in [0, 0.05) is 14.1 Å². The molecule has 0 fully saturated rings. The second kappa shape index (κ2) is 10.4. The lowest BCUT2D eigenvalue weighted by molar-refractivity contribution is -0.115. The summed E-state index contributed by atoms with van der Waals surface area (Å²) in [7, 11) is 3.38. The molecule has 14 heavy (non-hydrogen) atoms. The molecule has 5 nitrogen and oxygen atoms in total. The van der Waals surface area contributed by atoms with Gasteiger partial charge in [-0.3, -0.25) is 4.79 Å². The maximum absolute atomic E-state index is 9.43. The molecule has 0 aromatic rings. The van der Waals surface area contributed by atoms with E-state index in [1.165, 1.54) is 4.90 Å². The van der Waals surface area contributed by atoms with Crippen molar-refractivity contribution in [1.29, 1.82) is 0 Å². The second-order valence-corrected chi connectivity index (χ2v) is 3.24. The molecule has 0 radical (unpaired) electrons. The van der Waals surface area contributed by atoms with Gasteiger partial charge in [-0.05, 0) is 13.8 Å². The number of rotatable bonds is 5. The first-order valence-corrected chi connectivity index (χ1v) is 4.46. The van der Waals surface area contributed by atoms with Gasteiger partial charge < -0.3 is 19.8 Å². The zero-order chi connectivity index (χ0) is 11.6. The van der Waals surface area contributed by atoms with Gasteiger partial charge in [0.05, 0.1) is 25.4 Å². The molecule has 0 spiro atoms. The Kier molecular flexibility index (Phi) is 11.8. The summed E-state index contributed by atoms with van der Waals surface area (Å²) in [6.45, 7) is 3.70. The average molecular weight is 207 g/mol. The predicted molar refractivity (Wildman–Crippen MR) is 53.9 cm³/mol. The first-order valence-electron chi connectivity index (χ1n) is 4.46. The Hall–Kier alpha value is -0.650. The van der Waals surface area contributed by atoms with Gasteiger partial charge >= 0.3 is 0 Å². The highest BCUT2D eigenvalue weighted by Gasteiger charge is 2.00. The minimum atomic E-state index is -0.445. The maximum Gasteiger partial charge on any atom is 0.209 e. The Balaban J connectivity index is 0. The molecule has 0 aromatic carbocycles. The Morgan fingerprint density at radius 3 is 2.07 bits per heavy atom. The molecule has 0 aliphatic carbocycles. The molecular formula is C9H21NO4. The summed E-state index contributed by atoms with van der Waals surface area (Å²) in [6, 6.07) is 0. The predicted octanol–water partition coefficient (Wildman–Crippen LogP) is -0.531. The number of ether oxygens (including phenoxy) is 1. The van der Waals surface area contributed by atoms with Crippen LogP contribution < -0.4 is 0 Å². The second-order valence-electron chi connectivity index (χ2n) is 3.24. The van der Waals surface area contributed by atoms with Crippen molar-refractivity contribution in [1.82, 2.24) is 4.90 Å². The van der Waals surface area contributed by atoms with Crippen LogP contribution in [0.1, 0.15) is 13.8 Å². The number of hydrogen-bond acceptors (Lipinski definition) is 4. The van der Waals surface area contributed by atoms with Crippen LogP contribution in [0.2, 0.25) is 0 Å². The van der Waals surface area contributed by atoms with Crippen LogP contribution in [-0.2, 0) is 9.53 Å². The van der Waals surface area contributed by atoms with Gasteiger partial charge in [0.2, 0.25) is 6.41 Å². The van der Waals surface area contributed by atoms with Crippen LogP contribution in [0.5, 0.6) is 0 Å². The van der Waals surface area contributed by atoms with E-state index in [9.17, 15) is 4.79 Å². The molecule has 1 amide bonds. The third-order valence-corrected chi connectivity index (χ3v) is 1.09. The van der Waals surface area contributed by atoms with Gasteiger partial charge in [-0.2, -0.15) is 0 Å². The van der Waals surface area contributed by atoms with Crippen LogP contribution in [0.4, 0.5) is 0 Å². The van der Waals surface area contributed by atoms with E-state index in [2.05, 4.69) is 0 Å². The fourth-order valence-corrected chi connectivity index (χ4v) is 0.356. The van der Waals surface area contributed by atoms with E-state index >= 15 is 0 Å². The smallest absolute Gasteiger partial charge is 0.209 e. The standard InChI is InChI=1S/C6H14O3.C3H7NO/c1-5(8)4-9-6(2)3-7;1-4(2)3-5/h5-8H,3-4H2,1-2H3;3H,1-2H3. The summed E-state index contributed by atoms with van der Waals surface area (Å²) in [5.41, 5.74) is 0. The third kappa shape index (κ3) is 17.4. The summed E-state index contributed by atoms with van der Waals surface area (Å²) >= 11 is 0. The molecule has 0 aromatic heterocycles. The molecule has 0 heterocycles. The van der Waals surface area contributed by atoms with Crippen LogP contribution >= 0.6 is 0 Å². The van der Waals surface area contributed by atoms with Gasteiger partial charge in [0.1, 0.15) is 0 Å². The highest BCUT2D eigenvalue weighted by molar-refractivity contribution is 5.45. The van der Waals surface area contributed by atoms with Crippen molar-refractivity contribution >= 4 is 6.41 Å². The summed E-state index contributed by atoms with van der Waals surface area (Å²) < 4.78 is 4.95. The van der Waals surface area contributed by atoms with E-state index < -0.39 is 6.10 Å². The molecule has 0 saturated heterocycles. The molecule has 0 saturated carbocycles. The minimum absolute atomic E-state index is 0.00667. The van der Waals surface area contributed by atoms with Crippen molar-refractivity contribution in [2.24, 2.45) is 0 Å². The normalized spacial score (nSPS) is 13.6. The molecule has 0 bridgehead atoms. The van der Waals surface area contributed by atoms with E-state index in [0.717, 1.165) is 6.41 Å². The zero-order valence-electron chi connectivity index (χ0n) is 9.30. The van der Waals surface area contributed by atoms with Crippen molar-refractivity contribution in [3.63, 3.8) is 0 Å². The number of aliphatic hydroxyl groups excluding tert-OH is 2. The molecule has 0 aliphatic heterocycles. The Labute approximate surface area is 85.3 Å². The number of nitrogens with zero attached hydrogens (tertiary/aromatic N) is 1. The van der Waals surface area contributed by atoms with E-state index in [-0.39, 0.29) is 12.7 Å². The molecule has 2 atom stereocenters. The number of aliphatic hydroxyl groups is 2.